The molecule has 2 nitrogen and oxygen atoms in total. The van der Waals surface area contributed by atoms with Crippen LogP contribution in [0.15, 0.2) is 127 Å². The van der Waals surface area contributed by atoms with Crippen molar-refractivity contribution in [1.29, 1.82) is 0 Å². The minimum absolute atomic E-state index is 0.00706. The molecule has 2 aliphatic heterocycles. The average Bonchev–Trinajstić information content (AvgIpc) is 3.80. The molecular weight excluding hydrogens is 931 g/mol. The van der Waals surface area contributed by atoms with Gasteiger partial charge in [0.05, 0.1) is 5.69 Å². The van der Waals surface area contributed by atoms with Crippen LogP contribution in [-0.2, 0) is 38.9 Å². The zero-order valence-corrected chi connectivity index (χ0v) is 47.6. The smallest absolute Gasteiger partial charge is 0.264 e. The lowest BCUT2D eigenvalue weighted by Crippen LogP contribution is -2.61. The van der Waals surface area contributed by atoms with E-state index in [1.165, 1.54) is 122 Å². The third-order valence-electron chi connectivity index (χ3n) is 19.6. The molecule has 75 heavy (non-hydrogen) atoms. The maximum Gasteiger partial charge on any atom is 0.264 e. The highest BCUT2D eigenvalue weighted by molar-refractivity contribution is 7.33. The third kappa shape index (κ3) is 7.50. The van der Waals surface area contributed by atoms with Gasteiger partial charge in [-0.15, -0.1) is 11.3 Å². The van der Waals surface area contributed by atoms with Crippen LogP contribution in [0.25, 0.3) is 21.2 Å². The molecule has 8 aromatic rings. The molecule has 0 saturated heterocycles. The summed E-state index contributed by atoms with van der Waals surface area (Å²) in [5.41, 5.74) is 25.3. The number of hydrogen-bond acceptors (Lipinski definition) is 3. The Morgan fingerprint density at radius 1 is 0.493 bits per heavy atom. The number of hydrogen-bond donors (Lipinski definition) is 0. The first kappa shape index (κ1) is 48.7. The molecule has 1 aromatic heterocycles. The summed E-state index contributed by atoms with van der Waals surface area (Å²) in [6.45, 7) is 31.7. The topological polar surface area (TPSA) is 6.48 Å². The minimum Gasteiger partial charge on any atom is -0.311 e. The van der Waals surface area contributed by atoms with E-state index in [1.807, 2.05) is 23.5 Å². The second-order valence-corrected chi connectivity index (χ2v) is 28.6. The van der Waals surface area contributed by atoms with Crippen molar-refractivity contribution in [3.05, 3.63) is 183 Å². The maximum atomic E-state index is 15.4. The zero-order valence-electron chi connectivity index (χ0n) is 46.8. The highest BCUT2D eigenvalue weighted by Crippen LogP contribution is 2.56. The Kier molecular flexibility index (Phi) is 10.6. The standard InChI is InChI=1S/C70H74BFN2S/c1-42-19-25-49(44-17-15-14-16-18-44)45(33-42)34-43-35-59-62-60(36-43)74(47-22-20-46(72)21-23-47)63-50-38-53-56(70(12,13)32-29-67(53,6)7)41-61(50)75-64(63)71(62)57-39-54-55(69(10,11)31-30-68(54,8)9)40-58(57)73(59)48-24-26-51-52(37-48)66(4,5)28-27-65(51,2)3/h14-26,33,35-41H,27-32,34H2,1-13H3. The number of nitrogens with zero attached hydrogens (tertiary/aromatic N) is 2. The van der Waals surface area contributed by atoms with Crippen LogP contribution in [0.3, 0.4) is 0 Å². The van der Waals surface area contributed by atoms with Gasteiger partial charge in [0.1, 0.15) is 5.82 Å². The maximum absolute atomic E-state index is 15.4. The Hall–Kier alpha value is -5.91. The van der Waals surface area contributed by atoms with Gasteiger partial charge in [-0.2, -0.15) is 0 Å². The van der Waals surface area contributed by atoms with Crippen molar-refractivity contribution in [2.24, 2.45) is 0 Å². The van der Waals surface area contributed by atoms with E-state index in [1.54, 1.807) is 12.1 Å². The molecule has 3 heterocycles. The first-order chi connectivity index (χ1) is 35.4. The normalized spacial score (nSPS) is 19.6. The Morgan fingerprint density at radius 2 is 1.03 bits per heavy atom. The van der Waals surface area contributed by atoms with Crippen LogP contribution >= 0.6 is 11.3 Å². The van der Waals surface area contributed by atoms with Crippen molar-refractivity contribution >= 4 is 78.0 Å². The predicted molar refractivity (Wildman–Crippen MR) is 321 cm³/mol. The molecule has 7 aromatic carbocycles. The number of benzene rings is 7. The van der Waals surface area contributed by atoms with Crippen molar-refractivity contribution in [1.82, 2.24) is 0 Å². The monoisotopic (exact) mass is 1000 g/mol. The minimum atomic E-state index is -0.223. The number of halogens is 1. The van der Waals surface area contributed by atoms with E-state index in [4.69, 9.17) is 0 Å². The molecule has 380 valence electrons. The quantitative estimate of drug-likeness (QED) is 0.159. The number of aryl methyl sites for hydroxylation is 1. The van der Waals surface area contributed by atoms with Crippen LogP contribution in [0.1, 0.15) is 172 Å². The van der Waals surface area contributed by atoms with Gasteiger partial charge in [0.2, 0.25) is 0 Å². The van der Waals surface area contributed by atoms with Gasteiger partial charge >= 0.3 is 0 Å². The summed E-state index contributed by atoms with van der Waals surface area (Å²) in [5, 5.41) is 1.30. The summed E-state index contributed by atoms with van der Waals surface area (Å²) in [6.07, 6.45) is 7.67. The van der Waals surface area contributed by atoms with Crippen molar-refractivity contribution in [2.45, 2.75) is 167 Å². The van der Waals surface area contributed by atoms with E-state index >= 15 is 4.39 Å². The lowest BCUT2D eigenvalue weighted by molar-refractivity contribution is 0.332. The van der Waals surface area contributed by atoms with Crippen LogP contribution < -0.4 is 25.5 Å². The second-order valence-electron chi connectivity index (χ2n) is 27.5. The summed E-state index contributed by atoms with van der Waals surface area (Å²) < 4.78 is 18.1. The van der Waals surface area contributed by atoms with Crippen molar-refractivity contribution in [2.75, 3.05) is 9.80 Å². The molecule has 0 fully saturated rings. The Morgan fingerprint density at radius 3 is 1.65 bits per heavy atom. The van der Waals surface area contributed by atoms with Crippen LogP contribution in [0.5, 0.6) is 0 Å². The van der Waals surface area contributed by atoms with Gasteiger partial charge in [-0.25, -0.2) is 4.39 Å². The fourth-order valence-electron chi connectivity index (χ4n) is 14.6. The van der Waals surface area contributed by atoms with Gasteiger partial charge in [0.15, 0.2) is 0 Å². The Bertz CT molecular complexity index is 3680. The van der Waals surface area contributed by atoms with Gasteiger partial charge in [-0.3, -0.25) is 0 Å². The van der Waals surface area contributed by atoms with Crippen LogP contribution in [0.4, 0.5) is 38.5 Å². The first-order valence-corrected chi connectivity index (χ1v) is 28.9. The number of fused-ring (bicyclic) bond motifs is 9. The van der Waals surface area contributed by atoms with E-state index in [9.17, 15) is 0 Å². The lowest BCUT2D eigenvalue weighted by atomic mass is 9.35. The fraction of sp³-hybridized carbons (Fsp3) is 0.371. The molecule has 0 unspecified atom stereocenters. The number of anilines is 6. The number of rotatable bonds is 5. The molecule has 0 saturated carbocycles. The Labute approximate surface area is 451 Å². The van der Waals surface area contributed by atoms with E-state index in [2.05, 4.69) is 203 Å². The lowest BCUT2D eigenvalue weighted by Gasteiger charge is -2.47. The molecule has 0 N–H and O–H groups in total. The summed E-state index contributed by atoms with van der Waals surface area (Å²) in [6, 6.07) is 48.4. The molecule has 3 aliphatic carbocycles. The van der Waals surface area contributed by atoms with Gasteiger partial charge < -0.3 is 9.80 Å². The summed E-state index contributed by atoms with van der Waals surface area (Å²) in [7, 11) is 0. The second kappa shape index (κ2) is 16.3. The molecule has 0 radical (unpaired) electrons. The van der Waals surface area contributed by atoms with Gasteiger partial charge in [-0.05, 0) is 218 Å². The molecular formula is C70H74BFN2S. The first-order valence-electron chi connectivity index (χ1n) is 28.1. The molecule has 0 amide bonds. The van der Waals surface area contributed by atoms with Crippen molar-refractivity contribution in [3.63, 3.8) is 0 Å². The van der Waals surface area contributed by atoms with Gasteiger partial charge in [0, 0.05) is 43.3 Å². The SMILES string of the molecule is Cc1ccc(-c2ccccc2)c(Cc2cc3c4c(c2)N(c2ccc(F)cc2)c2c(sc5cc6c(cc25)C(C)(C)CCC6(C)C)B4c2cc4c(cc2N3c2ccc3c(c2)C(C)(C)CCC3(C)C)C(C)(C)CCC4(C)C)c1. The van der Waals surface area contributed by atoms with Crippen molar-refractivity contribution in [3.8, 4) is 11.1 Å². The highest BCUT2D eigenvalue weighted by Gasteiger charge is 2.49. The highest BCUT2D eigenvalue weighted by atomic mass is 32.1. The average molecular weight is 1010 g/mol. The van der Waals surface area contributed by atoms with Crippen LogP contribution in [0.2, 0.25) is 0 Å². The summed E-state index contributed by atoms with van der Waals surface area (Å²) >= 11 is 2.00. The van der Waals surface area contributed by atoms with E-state index < -0.39 is 0 Å². The largest absolute Gasteiger partial charge is 0.311 e. The third-order valence-corrected chi connectivity index (χ3v) is 20.8. The number of thiophene rings is 1. The molecule has 0 bridgehead atoms. The van der Waals surface area contributed by atoms with Gasteiger partial charge in [0.25, 0.3) is 6.71 Å². The fourth-order valence-corrected chi connectivity index (χ4v) is 15.9. The molecule has 5 heteroatoms. The summed E-state index contributed by atoms with van der Waals surface area (Å²) in [4.78, 5) is 5.25. The van der Waals surface area contributed by atoms with Crippen molar-refractivity contribution < 1.29 is 4.39 Å². The van der Waals surface area contributed by atoms with Crippen LogP contribution in [0, 0.1) is 12.7 Å². The molecule has 13 rings (SSSR count). The van der Waals surface area contributed by atoms with E-state index in [0.717, 1.165) is 44.2 Å². The molecule has 5 aliphatic rings. The summed E-state index contributed by atoms with van der Waals surface area (Å²) in [5.74, 6) is -0.223. The van der Waals surface area contributed by atoms with E-state index in [0.29, 0.717) is 0 Å². The predicted octanol–water partition coefficient (Wildman–Crippen LogP) is 17.7. The molecule has 0 spiro atoms. The van der Waals surface area contributed by atoms with Gasteiger partial charge in [-0.1, -0.05) is 149 Å². The zero-order chi connectivity index (χ0) is 52.5. The Balaban J connectivity index is 1.17. The molecule has 0 atom stereocenters. The van der Waals surface area contributed by atoms with E-state index in [-0.39, 0.29) is 45.0 Å². The van der Waals surface area contributed by atoms with Crippen LogP contribution in [-0.4, -0.2) is 6.71 Å².